The number of nitrogens with one attached hydrogen (secondary N) is 1. The first kappa shape index (κ1) is 14.8. The molecule has 2 saturated heterocycles. The van der Waals surface area contributed by atoms with E-state index in [4.69, 9.17) is 4.74 Å². The third kappa shape index (κ3) is 3.55. The first-order chi connectivity index (χ1) is 9.77. The minimum absolute atomic E-state index is 0.439. The van der Waals surface area contributed by atoms with E-state index in [1.54, 1.807) is 0 Å². The van der Waals surface area contributed by atoms with Gasteiger partial charge in [0.15, 0.2) is 0 Å². The highest BCUT2D eigenvalue weighted by molar-refractivity contribution is 4.97. The highest BCUT2D eigenvalue weighted by atomic mass is 16.5. The van der Waals surface area contributed by atoms with E-state index in [2.05, 4.69) is 17.1 Å². The van der Waals surface area contributed by atoms with Gasteiger partial charge in [-0.15, -0.1) is 0 Å². The van der Waals surface area contributed by atoms with Crippen molar-refractivity contribution >= 4 is 0 Å². The van der Waals surface area contributed by atoms with Crippen molar-refractivity contribution in [3.05, 3.63) is 0 Å². The average molecular weight is 280 g/mol. The van der Waals surface area contributed by atoms with Gasteiger partial charge in [-0.2, -0.15) is 0 Å². The Morgan fingerprint density at radius 3 is 2.60 bits per heavy atom. The molecule has 3 rings (SSSR count). The fourth-order valence-corrected chi connectivity index (χ4v) is 4.40. The molecule has 0 aromatic carbocycles. The van der Waals surface area contributed by atoms with E-state index in [-0.39, 0.29) is 0 Å². The van der Waals surface area contributed by atoms with Crippen molar-refractivity contribution in [2.24, 2.45) is 5.92 Å². The van der Waals surface area contributed by atoms with Crippen LogP contribution in [0.5, 0.6) is 0 Å². The Labute approximate surface area is 124 Å². The molecule has 2 heterocycles. The molecule has 1 unspecified atom stereocenters. The number of rotatable bonds is 2. The van der Waals surface area contributed by atoms with Gasteiger partial charge in [0.2, 0.25) is 0 Å². The lowest BCUT2D eigenvalue weighted by molar-refractivity contribution is 0.0402. The van der Waals surface area contributed by atoms with Crippen LogP contribution in [-0.2, 0) is 4.74 Å². The smallest absolute Gasteiger partial charge is 0.0469 e. The normalized spacial score (nSPS) is 33.1. The summed E-state index contributed by atoms with van der Waals surface area (Å²) >= 11 is 0. The molecular formula is C17H32N2O. The Morgan fingerprint density at radius 1 is 1.10 bits per heavy atom. The van der Waals surface area contributed by atoms with Crippen LogP contribution in [-0.4, -0.2) is 49.3 Å². The van der Waals surface area contributed by atoms with Crippen LogP contribution in [0.3, 0.4) is 0 Å². The van der Waals surface area contributed by atoms with E-state index in [0.29, 0.717) is 5.54 Å². The van der Waals surface area contributed by atoms with Crippen molar-refractivity contribution in [3.63, 3.8) is 0 Å². The quantitative estimate of drug-likeness (QED) is 0.842. The van der Waals surface area contributed by atoms with Gasteiger partial charge in [-0.05, 0) is 51.5 Å². The van der Waals surface area contributed by atoms with Crippen LogP contribution in [0, 0.1) is 5.92 Å². The standard InChI is InChI=1S/C17H32N2O/c1-15-5-10-18-17(8-3-2-4-9-17)14-19(15)13-16-6-11-20-12-7-16/h15-16,18H,2-14H2,1H3. The van der Waals surface area contributed by atoms with Crippen molar-refractivity contribution < 1.29 is 4.74 Å². The van der Waals surface area contributed by atoms with Crippen LogP contribution in [0.2, 0.25) is 0 Å². The van der Waals surface area contributed by atoms with Gasteiger partial charge in [0.25, 0.3) is 0 Å². The summed E-state index contributed by atoms with van der Waals surface area (Å²) in [5.74, 6) is 0.866. The Kier molecular flexibility index (Phi) is 5.00. The van der Waals surface area contributed by atoms with Crippen molar-refractivity contribution in [2.45, 2.75) is 69.9 Å². The van der Waals surface area contributed by atoms with E-state index in [9.17, 15) is 0 Å². The van der Waals surface area contributed by atoms with Crippen LogP contribution >= 0.6 is 0 Å². The second-order valence-electron chi connectivity index (χ2n) is 7.39. The molecular weight excluding hydrogens is 248 g/mol. The zero-order valence-corrected chi connectivity index (χ0v) is 13.2. The predicted octanol–water partition coefficient (Wildman–Crippen LogP) is 2.80. The van der Waals surface area contributed by atoms with Gasteiger partial charge >= 0.3 is 0 Å². The molecule has 3 fully saturated rings. The number of hydrogen-bond acceptors (Lipinski definition) is 3. The highest BCUT2D eigenvalue weighted by Gasteiger charge is 2.37. The molecule has 3 nitrogen and oxygen atoms in total. The molecule has 0 amide bonds. The summed E-state index contributed by atoms with van der Waals surface area (Å²) in [7, 11) is 0. The van der Waals surface area contributed by atoms with Gasteiger partial charge in [0, 0.05) is 37.9 Å². The average Bonchev–Trinajstić information content (AvgIpc) is 2.61. The lowest BCUT2D eigenvalue weighted by Gasteiger charge is -2.42. The van der Waals surface area contributed by atoms with E-state index < -0.39 is 0 Å². The van der Waals surface area contributed by atoms with Crippen LogP contribution < -0.4 is 5.32 Å². The van der Waals surface area contributed by atoms with Gasteiger partial charge in [0.1, 0.15) is 0 Å². The van der Waals surface area contributed by atoms with E-state index >= 15 is 0 Å². The molecule has 20 heavy (non-hydrogen) atoms. The second kappa shape index (κ2) is 6.76. The van der Waals surface area contributed by atoms with Crippen LogP contribution in [0.1, 0.15) is 58.3 Å². The SMILES string of the molecule is CC1CCNC2(CCCCC2)CN1CC1CCOCC1. The van der Waals surface area contributed by atoms with Crippen molar-refractivity contribution in [1.82, 2.24) is 10.2 Å². The number of ether oxygens (including phenoxy) is 1. The molecule has 1 spiro atoms. The van der Waals surface area contributed by atoms with Gasteiger partial charge < -0.3 is 10.1 Å². The van der Waals surface area contributed by atoms with E-state index in [1.807, 2.05) is 0 Å². The fourth-order valence-electron chi connectivity index (χ4n) is 4.40. The molecule has 1 N–H and O–H groups in total. The summed E-state index contributed by atoms with van der Waals surface area (Å²) in [6.07, 6.45) is 10.9. The molecule has 0 bridgehead atoms. The first-order valence-corrected chi connectivity index (χ1v) is 8.84. The molecule has 116 valence electrons. The van der Waals surface area contributed by atoms with Crippen molar-refractivity contribution in [1.29, 1.82) is 0 Å². The van der Waals surface area contributed by atoms with Crippen molar-refractivity contribution in [2.75, 3.05) is 32.8 Å². The van der Waals surface area contributed by atoms with E-state index in [0.717, 1.165) is 25.2 Å². The van der Waals surface area contributed by atoms with Gasteiger partial charge in [-0.1, -0.05) is 19.3 Å². The molecule has 2 aliphatic heterocycles. The summed E-state index contributed by atoms with van der Waals surface area (Å²) in [6.45, 7) is 8.19. The Bertz CT molecular complexity index is 295. The van der Waals surface area contributed by atoms with Crippen LogP contribution in [0.15, 0.2) is 0 Å². The summed E-state index contributed by atoms with van der Waals surface area (Å²) < 4.78 is 5.52. The predicted molar refractivity (Wildman–Crippen MR) is 83.0 cm³/mol. The minimum atomic E-state index is 0.439. The Morgan fingerprint density at radius 2 is 1.85 bits per heavy atom. The summed E-state index contributed by atoms with van der Waals surface area (Å²) in [5.41, 5.74) is 0.439. The van der Waals surface area contributed by atoms with Crippen LogP contribution in [0.25, 0.3) is 0 Å². The zero-order valence-electron chi connectivity index (χ0n) is 13.2. The zero-order chi connectivity index (χ0) is 13.8. The fraction of sp³-hybridized carbons (Fsp3) is 1.00. The van der Waals surface area contributed by atoms with Gasteiger partial charge in [-0.25, -0.2) is 0 Å². The molecule has 1 aliphatic carbocycles. The molecule has 1 saturated carbocycles. The number of nitrogens with zero attached hydrogens (tertiary/aromatic N) is 1. The first-order valence-electron chi connectivity index (χ1n) is 8.84. The molecule has 0 aromatic rings. The lowest BCUT2D eigenvalue weighted by Crippen LogP contribution is -2.54. The third-order valence-electron chi connectivity index (χ3n) is 5.84. The number of hydrogen-bond donors (Lipinski definition) is 1. The van der Waals surface area contributed by atoms with Gasteiger partial charge in [-0.3, -0.25) is 4.90 Å². The third-order valence-corrected chi connectivity index (χ3v) is 5.84. The Hall–Kier alpha value is -0.120. The largest absolute Gasteiger partial charge is 0.381 e. The molecule has 1 atom stereocenters. The lowest BCUT2D eigenvalue weighted by atomic mass is 9.81. The maximum Gasteiger partial charge on any atom is 0.0469 e. The maximum atomic E-state index is 5.52. The second-order valence-corrected chi connectivity index (χ2v) is 7.39. The summed E-state index contributed by atoms with van der Waals surface area (Å²) in [5, 5.41) is 3.93. The molecule has 0 radical (unpaired) electrons. The monoisotopic (exact) mass is 280 g/mol. The van der Waals surface area contributed by atoms with Crippen LogP contribution in [0.4, 0.5) is 0 Å². The Balaban J connectivity index is 1.63. The minimum Gasteiger partial charge on any atom is -0.381 e. The molecule has 3 heteroatoms. The molecule has 3 aliphatic rings. The van der Waals surface area contributed by atoms with E-state index in [1.165, 1.54) is 71.0 Å². The summed E-state index contributed by atoms with van der Waals surface area (Å²) in [6, 6.07) is 0.742. The molecule has 0 aromatic heterocycles. The van der Waals surface area contributed by atoms with Gasteiger partial charge in [0.05, 0.1) is 0 Å². The maximum absolute atomic E-state index is 5.52. The summed E-state index contributed by atoms with van der Waals surface area (Å²) in [4.78, 5) is 2.81. The topological polar surface area (TPSA) is 24.5 Å². The highest BCUT2D eigenvalue weighted by Crippen LogP contribution is 2.32. The van der Waals surface area contributed by atoms with Crippen molar-refractivity contribution in [3.8, 4) is 0 Å².